The zero-order valence-corrected chi connectivity index (χ0v) is 8.31. The van der Waals surface area contributed by atoms with Crippen molar-refractivity contribution in [3.8, 4) is 6.07 Å². The van der Waals surface area contributed by atoms with E-state index < -0.39 is 0 Å². The highest BCUT2D eigenvalue weighted by atomic mass is 16.5. The highest BCUT2D eigenvalue weighted by molar-refractivity contribution is 5.05. The molecule has 0 aromatic carbocycles. The molecule has 5 nitrogen and oxygen atoms in total. The van der Waals surface area contributed by atoms with E-state index in [2.05, 4.69) is 17.0 Å². The summed E-state index contributed by atoms with van der Waals surface area (Å²) >= 11 is 0. The Kier molecular flexibility index (Phi) is 4.65. The van der Waals surface area contributed by atoms with Crippen molar-refractivity contribution in [2.24, 2.45) is 0 Å². The van der Waals surface area contributed by atoms with Gasteiger partial charge in [-0.05, 0) is 6.42 Å². The molecule has 0 amide bonds. The maximum absolute atomic E-state index is 8.47. The van der Waals surface area contributed by atoms with Crippen LogP contribution in [-0.4, -0.2) is 28.0 Å². The zero-order valence-electron chi connectivity index (χ0n) is 8.31. The Labute approximate surface area is 83.3 Å². The van der Waals surface area contributed by atoms with Crippen LogP contribution in [0.3, 0.4) is 0 Å². The van der Waals surface area contributed by atoms with Crippen molar-refractivity contribution < 1.29 is 4.74 Å². The molecule has 0 radical (unpaired) electrons. The van der Waals surface area contributed by atoms with Crippen molar-refractivity contribution in [1.29, 1.82) is 5.26 Å². The molecule has 0 aliphatic rings. The number of rotatable bonds is 6. The van der Waals surface area contributed by atoms with Crippen LogP contribution in [0.2, 0.25) is 0 Å². The van der Waals surface area contributed by atoms with Crippen LogP contribution in [0, 0.1) is 11.3 Å². The maximum atomic E-state index is 8.47. The van der Waals surface area contributed by atoms with Gasteiger partial charge in [0.1, 0.15) is 12.4 Å². The standard InChI is InChI=1S/C9H14N4O/c1-2-3-5-14-6-4-13-8-11-9(7-10)12-13/h8H,2-6H2,1H3. The predicted molar refractivity (Wildman–Crippen MR) is 50.5 cm³/mol. The molecule has 5 heteroatoms. The summed E-state index contributed by atoms with van der Waals surface area (Å²) in [7, 11) is 0. The van der Waals surface area contributed by atoms with E-state index in [0.717, 1.165) is 19.4 Å². The third-order valence-electron chi connectivity index (χ3n) is 1.74. The third kappa shape index (κ3) is 3.54. The Bertz CT molecular complexity index is 302. The Morgan fingerprint density at radius 3 is 3.07 bits per heavy atom. The SMILES string of the molecule is CCCCOCCn1cnc(C#N)n1. The van der Waals surface area contributed by atoms with E-state index in [1.54, 1.807) is 11.0 Å². The number of nitriles is 1. The fourth-order valence-electron chi connectivity index (χ4n) is 0.960. The second kappa shape index (κ2) is 6.11. The first-order valence-corrected chi connectivity index (χ1v) is 4.74. The molecule has 1 heterocycles. The van der Waals surface area contributed by atoms with Crippen LogP contribution in [0.5, 0.6) is 0 Å². The molecule has 1 rings (SSSR count). The predicted octanol–water partition coefficient (Wildman–Crippen LogP) is 0.966. The second-order valence-electron chi connectivity index (χ2n) is 2.91. The summed E-state index contributed by atoms with van der Waals surface area (Å²) in [6, 6.07) is 1.87. The molecule has 1 aromatic heterocycles. The molecule has 0 fully saturated rings. The molecule has 0 N–H and O–H groups in total. The van der Waals surface area contributed by atoms with Crippen LogP contribution in [0.15, 0.2) is 6.33 Å². The van der Waals surface area contributed by atoms with Crippen molar-refractivity contribution in [2.45, 2.75) is 26.3 Å². The summed E-state index contributed by atoms with van der Waals surface area (Å²) in [5.41, 5.74) is 0. The third-order valence-corrected chi connectivity index (χ3v) is 1.74. The molecular weight excluding hydrogens is 180 g/mol. The molecule has 0 atom stereocenters. The average Bonchev–Trinajstić information content (AvgIpc) is 2.65. The van der Waals surface area contributed by atoms with Gasteiger partial charge in [0.05, 0.1) is 13.2 Å². The average molecular weight is 194 g/mol. The summed E-state index contributed by atoms with van der Waals surface area (Å²) in [4.78, 5) is 3.78. The Balaban J connectivity index is 2.16. The molecule has 0 unspecified atom stereocenters. The summed E-state index contributed by atoms with van der Waals surface area (Å²) in [5.74, 6) is 0.207. The molecule has 1 aromatic rings. The van der Waals surface area contributed by atoms with Crippen molar-refractivity contribution in [2.75, 3.05) is 13.2 Å². The fraction of sp³-hybridized carbons (Fsp3) is 0.667. The van der Waals surface area contributed by atoms with Gasteiger partial charge >= 0.3 is 0 Å². The van der Waals surface area contributed by atoms with Gasteiger partial charge in [-0.3, -0.25) is 0 Å². The highest BCUT2D eigenvalue weighted by Gasteiger charge is 1.97. The first-order chi connectivity index (χ1) is 6.86. The molecule has 0 aliphatic heterocycles. The Morgan fingerprint density at radius 1 is 1.57 bits per heavy atom. The van der Waals surface area contributed by atoms with Crippen LogP contribution >= 0.6 is 0 Å². The molecule has 0 aliphatic carbocycles. The van der Waals surface area contributed by atoms with Crippen molar-refractivity contribution in [3.05, 3.63) is 12.2 Å². The lowest BCUT2D eigenvalue weighted by atomic mass is 10.4. The number of ether oxygens (including phenoxy) is 1. The van der Waals surface area contributed by atoms with E-state index in [1.165, 1.54) is 0 Å². The number of nitrogens with zero attached hydrogens (tertiary/aromatic N) is 4. The van der Waals surface area contributed by atoms with Crippen molar-refractivity contribution in [3.63, 3.8) is 0 Å². The van der Waals surface area contributed by atoms with E-state index in [1.807, 2.05) is 6.07 Å². The van der Waals surface area contributed by atoms with Crippen molar-refractivity contribution in [1.82, 2.24) is 14.8 Å². The maximum Gasteiger partial charge on any atom is 0.252 e. The van der Waals surface area contributed by atoms with Gasteiger partial charge in [-0.25, -0.2) is 9.67 Å². The molecule has 0 spiro atoms. The van der Waals surface area contributed by atoms with E-state index in [4.69, 9.17) is 10.00 Å². The number of hydrogen-bond donors (Lipinski definition) is 0. The van der Waals surface area contributed by atoms with Gasteiger partial charge in [-0.1, -0.05) is 13.3 Å². The highest BCUT2D eigenvalue weighted by Crippen LogP contribution is 1.90. The summed E-state index contributed by atoms with van der Waals surface area (Å²) in [5, 5.41) is 12.4. The summed E-state index contributed by atoms with van der Waals surface area (Å²) < 4.78 is 6.96. The monoisotopic (exact) mass is 194 g/mol. The molecule has 14 heavy (non-hydrogen) atoms. The normalized spacial score (nSPS) is 10.0. The van der Waals surface area contributed by atoms with Crippen LogP contribution < -0.4 is 0 Å². The van der Waals surface area contributed by atoms with Crippen LogP contribution in [0.4, 0.5) is 0 Å². The molecule has 76 valence electrons. The minimum Gasteiger partial charge on any atom is -0.380 e. The lowest BCUT2D eigenvalue weighted by molar-refractivity contribution is 0.121. The zero-order chi connectivity index (χ0) is 10.2. The smallest absolute Gasteiger partial charge is 0.252 e. The van der Waals surface area contributed by atoms with E-state index in [-0.39, 0.29) is 5.82 Å². The van der Waals surface area contributed by atoms with Gasteiger partial charge in [0.2, 0.25) is 0 Å². The van der Waals surface area contributed by atoms with Gasteiger partial charge < -0.3 is 4.74 Å². The summed E-state index contributed by atoms with van der Waals surface area (Å²) in [6.45, 7) is 4.18. The van der Waals surface area contributed by atoms with Gasteiger partial charge in [-0.15, -0.1) is 5.10 Å². The number of hydrogen-bond acceptors (Lipinski definition) is 4. The van der Waals surface area contributed by atoms with Gasteiger partial charge in [0, 0.05) is 6.61 Å². The largest absolute Gasteiger partial charge is 0.380 e. The fourth-order valence-corrected chi connectivity index (χ4v) is 0.960. The van der Waals surface area contributed by atoms with Crippen LogP contribution in [0.1, 0.15) is 25.6 Å². The van der Waals surface area contributed by atoms with Crippen molar-refractivity contribution >= 4 is 0 Å². The molecule has 0 saturated carbocycles. The quantitative estimate of drug-likeness (QED) is 0.633. The summed E-state index contributed by atoms with van der Waals surface area (Å²) in [6.07, 6.45) is 3.77. The minimum atomic E-state index is 0.207. The van der Waals surface area contributed by atoms with Gasteiger partial charge in [0.15, 0.2) is 0 Å². The number of unbranched alkanes of at least 4 members (excludes halogenated alkanes) is 1. The molecule has 0 saturated heterocycles. The van der Waals surface area contributed by atoms with E-state index >= 15 is 0 Å². The topological polar surface area (TPSA) is 63.7 Å². The number of aromatic nitrogens is 3. The van der Waals surface area contributed by atoms with Gasteiger partial charge in [0.25, 0.3) is 5.82 Å². The van der Waals surface area contributed by atoms with Crippen LogP contribution in [0.25, 0.3) is 0 Å². The van der Waals surface area contributed by atoms with Gasteiger partial charge in [-0.2, -0.15) is 5.26 Å². The molecule has 0 bridgehead atoms. The van der Waals surface area contributed by atoms with E-state index in [0.29, 0.717) is 13.2 Å². The molecular formula is C9H14N4O. The lowest BCUT2D eigenvalue weighted by Crippen LogP contribution is -2.07. The Hall–Kier alpha value is -1.41. The minimum absolute atomic E-state index is 0.207. The van der Waals surface area contributed by atoms with Crippen LogP contribution in [-0.2, 0) is 11.3 Å². The van der Waals surface area contributed by atoms with E-state index in [9.17, 15) is 0 Å². The lowest BCUT2D eigenvalue weighted by Gasteiger charge is -2.02. The second-order valence-corrected chi connectivity index (χ2v) is 2.91. The first kappa shape index (κ1) is 10.7. The first-order valence-electron chi connectivity index (χ1n) is 4.74. The Morgan fingerprint density at radius 2 is 2.43 bits per heavy atom.